The molecule has 3 fully saturated rings. The average molecular weight is 285 g/mol. The summed E-state index contributed by atoms with van der Waals surface area (Å²) in [5.74, 6) is -1.46. The molecule has 0 saturated carbocycles. The highest BCUT2D eigenvalue weighted by molar-refractivity contribution is 5.00. The number of rotatable bonds is 2. The molecule has 0 spiro atoms. The van der Waals surface area contributed by atoms with Gasteiger partial charge in [-0.25, -0.2) is 0 Å². The van der Waals surface area contributed by atoms with Crippen molar-refractivity contribution in [2.24, 2.45) is 5.11 Å². The van der Waals surface area contributed by atoms with Gasteiger partial charge in [-0.2, -0.15) is 0 Å². The fourth-order valence-electron chi connectivity index (χ4n) is 2.96. The van der Waals surface area contributed by atoms with E-state index >= 15 is 0 Å². The lowest BCUT2D eigenvalue weighted by atomic mass is 9.99. The summed E-state index contributed by atoms with van der Waals surface area (Å²) in [4.78, 5) is 2.77. The van der Waals surface area contributed by atoms with Crippen LogP contribution in [0.2, 0.25) is 0 Å². The molecule has 0 N–H and O–H groups in total. The van der Waals surface area contributed by atoms with Crippen molar-refractivity contribution in [1.82, 2.24) is 0 Å². The van der Waals surface area contributed by atoms with Crippen molar-refractivity contribution in [3.63, 3.8) is 0 Å². The van der Waals surface area contributed by atoms with Crippen LogP contribution in [-0.2, 0) is 23.7 Å². The second kappa shape index (κ2) is 4.56. The van der Waals surface area contributed by atoms with Crippen molar-refractivity contribution in [3.05, 3.63) is 10.4 Å². The van der Waals surface area contributed by atoms with Gasteiger partial charge in [0.1, 0.15) is 18.3 Å². The Morgan fingerprint density at radius 1 is 0.950 bits per heavy atom. The lowest BCUT2D eigenvalue weighted by Gasteiger charge is -2.36. The van der Waals surface area contributed by atoms with E-state index in [1.807, 2.05) is 27.7 Å². The van der Waals surface area contributed by atoms with Gasteiger partial charge in [-0.15, -0.1) is 0 Å². The quantitative estimate of drug-likeness (QED) is 0.437. The van der Waals surface area contributed by atoms with Gasteiger partial charge in [-0.3, -0.25) is 0 Å². The Bertz CT molecular complexity index is 448. The lowest BCUT2D eigenvalue weighted by molar-refractivity contribution is -0.231. The summed E-state index contributed by atoms with van der Waals surface area (Å²) in [5.41, 5.74) is 8.49. The van der Waals surface area contributed by atoms with Gasteiger partial charge >= 0.3 is 0 Å². The molecule has 3 aliphatic rings. The van der Waals surface area contributed by atoms with Gasteiger partial charge in [0.05, 0.1) is 12.6 Å². The molecule has 8 nitrogen and oxygen atoms in total. The van der Waals surface area contributed by atoms with E-state index in [-0.39, 0.29) is 24.9 Å². The largest absolute Gasteiger partial charge is 0.344 e. The van der Waals surface area contributed by atoms with E-state index in [0.717, 1.165) is 0 Å². The molecule has 0 bridgehead atoms. The molecule has 0 unspecified atom stereocenters. The van der Waals surface area contributed by atoms with E-state index in [1.54, 1.807) is 0 Å². The summed E-state index contributed by atoms with van der Waals surface area (Å²) in [5, 5.41) is 3.58. The summed E-state index contributed by atoms with van der Waals surface area (Å²) >= 11 is 0. The standard InChI is InChI=1S/C12H19N3O5/c1-11(2)17-7-6(5-14-15-13)16-10-9(8(7)18-11)19-12(3,4)20-10/h6-10H,5H2,1-4H3/t6-,7-,8+,9+,10+/m0/s1. The van der Waals surface area contributed by atoms with Gasteiger partial charge in [0.25, 0.3) is 0 Å². The first-order chi connectivity index (χ1) is 9.31. The zero-order valence-corrected chi connectivity index (χ0v) is 12.0. The van der Waals surface area contributed by atoms with E-state index in [0.29, 0.717) is 0 Å². The summed E-state index contributed by atoms with van der Waals surface area (Å²) < 4.78 is 29.2. The molecular weight excluding hydrogens is 266 g/mol. The Morgan fingerprint density at radius 2 is 1.55 bits per heavy atom. The van der Waals surface area contributed by atoms with Crippen LogP contribution in [-0.4, -0.2) is 48.8 Å². The smallest absolute Gasteiger partial charge is 0.190 e. The van der Waals surface area contributed by atoms with Crippen LogP contribution < -0.4 is 0 Å². The number of hydrogen-bond acceptors (Lipinski definition) is 6. The SMILES string of the molecule is CC1(C)O[C@@H]2[C@@H](O1)[C@H](CN=[N+]=[N-])O[C@@H]1OC(C)(C)O[C@@H]12. The molecule has 0 aromatic carbocycles. The monoisotopic (exact) mass is 285 g/mol. The fraction of sp³-hybridized carbons (Fsp3) is 1.00. The van der Waals surface area contributed by atoms with Crippen molar-refractivity contribution < 1.29 is 23.7 Å². The molecule has 0 amide bonds. The van der Waals surface area contributed by atoms with Crippen molar-refractivity contribution >= 4 is 0 Å². The molecule has 0 radical (unpaired) electrons. The van der Waals surface area contributed by atoms with Crippen LogP contribution >= 0.6 is 0 Å². The fourth-order valence-corrected chi connectivity index (χ4v) is 2.96. The second-order valence-corrected chi connectivity index (χ2v) is 6.12. The third-order valence-electron chi connectivity index (χ3n) is 3.58. The van der Waals surface area contributed by atoms with Crippen LogP contribution in [0.3, 0.4) is 0 Å². The van der Waals surface area contributed by atoms with Crippen LogP contribution in [0.15, 0.2) is 5.11 Å². The third kappa shape index (κ3) is 2.39. The number of nitrogens with zero attached hydrogens (tertiary/aromatic N) is 3. The molecule has 0 aromatic heterocycles. The first-order valence-corrected chi connectivity index (χ1v) is 6.69. The van der Waals surface area contributed by atoms with Gasteiger partial charge in [0.15, 0.2) is 17.9 Å². The van der Waals surface area contributed by atoms with Crippen LogP contribution in [0.5, 0.6) is 0 Å². The van der Waals surface area contributed by atoms with E-state index in [9.17, 15) is 0 Å². The maximum atomic E-state index is 8.49. The van der Waals surface area contributed by atoms with Gasteiger partial charge in [-0.05, 0) is 33.2 Å². The molecule has 0 aliphatic carbocycles. The minimum absolute atomic E-state index is 0.171. The van der Waals surface area contributed by atoms with Gasteiger partial charge < -0.3 is 23.7 Å². The minimum atomic E-state index is -0.733. The Labute approximate surface area is 116 Å². The van der Waals surface area contributed by atoms with Crippen molar-refractivity contribution in [2.45, 2.75) is 70.0 Å². The highest BCUT2D eigenvalue weighted by Gasteiger charge is 2.60. The highest BCUT2D eigenvalue weighted by atomic mass is 16.9. The lowest BCUT2D eigenvalue weighted by Crippen LogP contribution is -2.55. The maximum absolute atomic E-state index is 8.49. The Balaban J connectivity index is 1.85. The summed E-state index contributed by atoms with van der Waals surface area (Å²) in [6.07, 6.45) is -1.93. The summed E-state index contributed by atoms with van der Waals surface area (Å²) in [7, 11) is 0. The molecule has 3 saturated heterocycles. The summed E-state index contributed by atoms with van der Waals surface area (Å²) in [6, 6.07) is 0. The number of hydrogen-bond donors (Lipinski definition) is 0. The van der Waals surface area contributed by atoms with Gasteiger partial charge in [0, 0.05) is 4.91 Å². The van der Waals surface area contributed by atoms with E-state index in [2.05, 4.69) is 10.0 Å². The zero-order valence-electron chi connectivity index (χ0n) is 12.0. The molecule has 5 atom stereocenters. The summed E-state index contributed by atoms with van der Waals surface area (Å²) in [6.45, 7) is 7.50. The van der Waals surface area contributed by atoms with Gasteiger partial charge in [-0.1, -0.05) is 5.11 Å². The third-order valence-corrected chi connectivity index (χ3v) is 3.58. The molecule has 3 rings (SSSR count). The first-order valence-electron chi connectivity index (χ1n) is 6.69. The van der Waals surface area contributed by atoms with Crippen molar-refractivity contribution in [1.29, 1.82) is 0 Å². The molecule has 3 heterocycles. The zero-order chi connectivity index (χ0) is 14.5. The van der Waals surface area contributed by atoms with Crippen molar-refractivity contribution in [2.75, 3.05) is 6.54 Å². The maximum Gasteiger partial charge on any atom is 0.190 e. The van der Waals surface area contributed by atoms with Gasteiger partial charge in [0.2, 0.25) is 0 Å². The number of ether oxygens (including phenoxy) is 5. The van der Waals surface area contributed by atoms with E-state index in [4.69, 9.17) is 29.2 Å². The van der Waals surface area contributed by atoms with E-state index in [1.165, 1.54) is 0 Å². The van der Waals surface area contributed by atoms with Crippen molar-refractivity contribution in [3.8, 4) is 0 Å². The molecular formula is C12H19N3O5. The molecule has 8 heteroatoms. The highest BCUT2D eigenvalue weighted by Crippen LogP contribution is 2.44. The Kier molecular flexibility index (Phi) is 3.20. The molecule has 3 aliphatic heterocycles. The Hall–Kier alpha value is -0.890. The van der Waals surface area contributed by atoms with Crippen LogP contribution in [0.1, 0.15) is 27.7 Å². The number of fused-ring (bicyclic) bond motifs is 3. The van der Waals surface area contributed by atoms with Crippen LogP contribution in [0, 0.1) is 0 Å². The predicted octanol–water partition coefficient (Wildman–Crippen LogP) is 1.69. The number of azide groups is 1. The molecule has 0 aromatic rings. The first kappa shape index (κ1) is 14.1. The Morgan fingerprint density at radius 3 is 2.25 bits per heavy atom. The topological polar surface area (TPSA) is 94.9 Å². The minimum Gasteiger partial charge on any atom is -0.344 e. The van der Waals surface area contributed by atoms with Crippen LogP contribution in [0.25, 0.3) is 10.4 Å². The molecule has 20 heavy (non-hydrogen) atoms. The normalized spacial score (nSPS) is 44.5. The molecule has 112 valence electrons. The predicted molar refractivity (Wildman–Crippen MR) is 66.5 cm³/mol. The van der Waals surface area contributed by atoms with E-state index < -0.39 is 24.0 Å². The second-order valence-electron chi connectivity index (χ2n) is 6.12. The average Bonchev–Trinajstić information content (AvgIpc) is 2.80. The van der Waals surface area contributed by atoms with Crippen LogP contribution in [0.4, 0.5) is 0 Å².